The van der Waals surface area contributed by atoms with Crippen molar-refractivity contribution in [3.8, 4) is 0 Å². The van der Waals surface area contributed by atoms with E-state index in [-0.39, 0.29) is 0 Å². The third-order valence-corrected chi connectivity index (χ3v) is 4.72. The maximum Gasteiger partial charge on any atom is 0.0587 e. The van der Waals surface area contributed by atoms with E-state index < -0.39 is 0 Å². The summed E-state index contributed by atoms with van der Waals surface area (Å²) < 4.78 is 5.02. The van der Waals surface area contributed by atoms with Crippen LogP contribution in [0.5, 0.6) is 0 Å². The van der Waals surface area contributed by atoms with Gasteiger partial charge in [0.1, 0.15) is 0 Å². The zero-order chi connectivity index (χ0) is 14.0. The molecule has 0 radical (unpaired) electrons. The van der Waals surface area contributed by atoms with Gasteiger partial charge in [-0.3, -0.25) is 4.90 Å². The normalized spacial score (nSPS) is 25.4. The van der Waals surface area contributed by atoms with Crippen molar-refractivity contribution in [3.63, 3.8) is 0 Å². The monoisotopic (exact) mass is 283 g/mol. The molecule has 0 aliphatic carbocycles. The van der Waals surface area contributed by atoms with Crippen molar-refractivity contribution in [2.75, 3.05) is 59.5 Å². The van der Waals surface area contributed by atoms with E-state index in [0.717, 1.165) is 25.7 Å². The zero-order valence-electron chi connectivity index (χ0n) is 13.3. The predicted octanol–water partition coefficient (Wildman–Crippen LogP) is 1.56. The quantitative estimate of drug-likeness (QED) is 0.650. The Morgan fingerprint density at radius 2 is 1.90 bits per heavy atom. The number of unbranched alkanes of at least 4 members (excludes halogenated alkanes) is 1. The lowest BCUT2D eigenvalue weighted by Crippen LogP contribution is -2.40. The van der Waals surface area contributed by atoms with Gasteiger partial charge in [-0.05, 0) is 64.8 Å². The van der Waals surface area contributed by atoms with Crippen LogP contribution in [-0.2, 0) is 4.74 Å². The maximum absolute atomic E-state index is 5.02. The van der Waals surface area contributed by atoms with Crippen LogP contribution in [0.15, 0.2) is 0 Å². The standard InChI is InChI=1S/C16H33N3O/c1-20-14-9-17-8-3-6-10-18-13-7-16(15-18)19-11-4-2-5-12-19/h16-17H,2-15H2,1H3. The van der Waals surface area contributed by atoms with Crippen LogP contribution in [0.4, 0.5) is 0 Å². The first-order chi connectivity index (χ1) is 9.90. The molecule has 2 fully saturated rings. The molecule has 1 unspecified atom stereocenters. The Labute approximate surface area is 124 Å². The molecular formula is C16H33N3O. The smallest absolute Gasteiger partial charge is 0.0587 e. The van der Waals surface area contributed by atoms with Crippen LogP contribution in [0.3, 0.4) is 0 Å². The van der Waals surface area contributed by atoms with E-state index in [1.165, 1.54) is 71.2 Å². The van der Waals surface area contributed by atoms with Gasteiger partial charge in [0.15, 0.2) is 0 Å². The summed E-state index contributed by atoms with van der Waals surface area (Å²) in [5.41, 5.74) is 0. The first-order valence-electron chi connectivity index (χ1n) is 8.56. The second-order valence-corrected chi connectivity index (χ2v) is 6.29. The Morgan fingerprint density at radius 1 is 1.05 bits per heavy atom. The van der Waals surface area contributed by atoms with Gasteiger partial charge >= 0.3 is 0 Å². The number of nitrogens with zero attached hydrogens (tertiary/aromatic N) is 2. The Bertz CT molecular complexity index is 244. The minimum absolute atomic E-state index is 0.823. The molecule has 2 rings (SSSR count). The highest BCUT2D eigenvalue weighted by molar-refractivity contribution is 4.84. The Kier molecular flexibility index (Phi) is 7.88. The Hall–Kier alpha value is -0.160. The molecule has 4 heteroatoms. The molecular weight excluding hydrogens is 250 g/mol. The Balaban J connectivity index is 1.48. The average molecular weight is 283 g/mol. The van der Waals surface area contributed by atoms with E-state index in [2.05, 4.69) is 15.1 Å². The van der Waals surface area contributed by atoms with Gasteiger partial charge in [-0.1, -0.05) is 6.42 Å². The van der Waals surface area contributed by atoms with Crippen LogP contribution in [-0.4, -0.2) is 75.4 Å². The van der Waals surface area contributed by atoms with Crippen LogP contribution in [0, 0.1) is 0 Å². The third kappa shape index (κ3) is 5.68. The number of ether oxygens (including phenoxy) is 1. The van der Waals surface area contributed by atoms with E-state index >= 15 is 0 Å². The summed E-state index contributed by atoms with van der Waals surface area (Å²) in [7, 11) is 1.76. The minimum Gasteiger partial charge on any atom is -0.383 e. The van der Waals surface area contributed by atoms with Crippen LogP contribution in [0.2, 0.25) is 0 Å². The molecule has 0 saturated carbocycles. The first kappa shape index (κ1) is 16.2. The van der Waals surface area contributed by atoms with Crippen molar-refractivity contribution < 1.29 is 4.74 Å². The SMILES string of the molecule is COCCNCCCCN1CCC(N2CCCCC2)C1. The van der Waals surface area contributed by atoms with Gasteiger partial charge in [-0.15, -0.1) is 0 Å². The Morgan fingerprint density at radius 3 is 2.70 bits per heavy atom. The lowest BCUT2D eigenvalue weighted by molar-refractivity contribution is 0.162. The summed E-state index contributed by atoms with van der Waals surface area (Å²) in [6.45, 7) is 9.56. The molecule has 0 aromatic rings. The third-order valence-electron chi connectivity index (χ3n) is 4.72. The lowest BCUT2D eigenvalue weighted by atomic mass is 10.1. The van der Waals surface area contributed by atoms with Crippen molar-refractivity contribution >= 4 is 0 Å². The molecule has 0 aromatic heterocycles. The van der Waals surface area contributed by atoms with Gasteiger partial charge in [0.05, 0.1) is 6.61 Å². The fourth-order valence-corrected chi connectivity index (χ4v) is 3.48. The van der Waals surface area contributed by atoms with Crippen molar-refractivity contribution in [1.82, 2.24) is 15.1 Å². The van der Waals surface area contributed by atoms with Gasteiger partial charge < -0.3 is 15.0 Å². The summed E-state index contributed by atoms with van der Waals surface area (Å²) in [6, 6.07) is 0.857. The number of nitrogens with one attached hydrogen (secondary N) is 1. The molecule has 0 spiro atoms. The number of methoxy groups -OCH3 is 1. The number of likely N-dealkylation sites (tertiary alicyclic amines) is 2. The van der Waals surface area contributed by atoms with Gasteiger partial charge in [-0.2, -0.15) is 0 Å². The second kappa shape index (κ2) is 9.72. The molecule has 1 atom stereocenters. The van der Waals surface area contributed by atoms with Crippen LogP contribution in [0.25, 0.3) is 0 Å². The highest BCUT2D eigenvalue weighted by Crippen LogP contribution is 2.20. The second-order valence-electron chi connectivity index (χ2n) is 6.29. The molecule has 0 aromatic carbocycles. The van der Waals surface area contributed by atoms with E-state index in [1.807, 2.05) is 0 Å². The lowest BCUT2D eigenvalue weighted by Gasteiger charge is -2.32. The molecule has 118 valence electrons. The van der Waals surface area contributed by atoms with E-state index in [0.29, 0.717) is 0 Å². The van der Waals surface area contributed by atoms with E-state index in [9.17, 15) is 0 Å². The van der Waals surface area contributed by atoms with Gasteiger partial charge in [-0.25, -0.2) is 0 Å². The summed E-state index contributed by atoms with van der Waals surface area (Å²) >= 11 is 0. The fourth-order valence-electron chi connectivity index (χ4n) is 3.48. The number of rotatable bonds is 9. The predicted molar refractivity (Wildman–Crippen MR) is 84.2 cm³/mol. The van der Waals surface area contributed by atoms with Crippen molar-refractivity contribution in [2.45, 2.75) is 44.6 Å². The summed E-state index contributed by atoms with van der Waals surface area (Å²) in [4.78, 5) is 5.42. The number of hydrogen-bond donors (Lipinski definition) is 1. The highest BCUT2D eigenvalue weighted by Gasteiger charge is 2.27. The largest absolute Gasteiger partial charge is 0.383 e. The molecule has 2 aliphatic rings. The fraction of sp³-hybridized carbons (Fsp3) is 1.00. The minimum atomic E-state index is 0.823. The maximum atomic E-state index is 5.02. The first-order valence-corrected chi connectivity index (χ1v) is 8.56. The molecule has 2 saturated heterocycles. The van der Waals surface area contributed by atoms with Crippen molar-refractivity contribution in [2.24, 2.45) is 0 Å². The van der Waals surface area contributed by atoms with Gasteiger partial charge in [0.25, 0.3) is 0 Å². The topological polar surface area (TPSA) is 27.7 Å². The van der Waals surface area contributed by atoms with Gasteiger partial charge in [0.2, 0.25) is 0 Å². The molecule has 20 heavy (non-hydrogen) atoms. The van der Waals surface area contributed by atoms with Crippen molar-refractivity contribution in [1.29, 1.82) is 0 Å². The molecule has 2 heterocycles. The van der Waals surface area contributed by atoms with E-state index in [4.69, 9.17) is 4.74 Å². The van der Waals surface area contributed by atoms with Crippen LogP contribution >= 0.6 is 0 Å². The summed E-state index contributed by atoms with van der Waals surface area (Å²) in [5.74, 6) is 0. The zero-order valence-corrected chi connectivity index (χ0v) is 13.3. The molecule has 0 bridgehead atoms. The molecule has 4 nitrogen and oxygen atoms in total. The molecule has 2 aliphatic heterocycles. The molecule has 0 amide bonds. The average Bonchev–Trinajstić information content (AvgIpc) is 2.96. The summed E-state index contributed by atoms with van der Waals surface area (Å²) in [6.07, 6.45) is 8.30. The van der Waals surface area contributed by atoms with Gasteiger partial charge in [0, 0.05) is 26.2 Å². The number of piperidine rings is 1. The van der Waals surface area contributed by atoms with Crippen LogP contribution in [0.1, 0.15) is 38.5 Å². The number of hydrogen-bond acceptors (Lipinski definition) is 4. The van der Waals surface area contributed by atoms with Crippen LogP contribution < -0.4 is 5.32 Å². The van der Waals surface area contributed by atoms with Crippen molar-refractivity contribution in [3.05, 3.63) is 0 Å². The summed E-state index contributed by atoms with van der Waals surface area (Å²) in [5, 5.41) is 3.42. The van der Waals surface area contributed by atoms with E-state index in [1.54, 1.807) is 7.11 Å². The highest BCUT2D eigenvalue weighted by atomic mass is 16.5. The molecule has 1 N–H and O–H groups in total.